The Bertz CT molecular complexity index is 769. The zero-order valence-electron chi connectivity index (χ0n) is 16.1. The van der Waals surface area contributed by atoms with Gasteiger partial charge in [0.1, 0.15) is 17.2 Å². The van der Waals surface area contributed by atoms with E-state index in [-0.39, 0.29) is 18.2 Å². The lowest BCUT2D eigenvalue weighted by atomic mass is 10.1. The molecule has 0 aliphatic heterocycles. The van der Waals surface area contributed by atoms with Crippen LogP contribution >= 0.6 is 0 Å². The van der Waals surface area contributed by atoms with Gasteiger partial charge in [0.15, 0.2) is 0 Å². The molecule has 8 heteroatoms. The minimum atomic E-state index is -2.86. The van der Waals surface area contributed by atoms with Crippen LogP contribution in [-0.2, 0) is 17.9 Å². The Kier molecular flexibility index (Phi) is 8.01. The van der Waals surface area contributed by atoms with Crippen molar-refractivity contribution in [2.24, 2.45) is 0 Å². The minimum absolute atomic E-state index is 0.0817. The number of nitrogens with one attached hydrogen (secondary N) is 1. The molecule has 0 bridgehead atoms. The first-order valence-electron chi connectivity index (χ1n) is 8.61. The molecule has 0 atom stereocenters. The number of rotatable bonds is 10. The third kappa shape index (κ3) is 6.70. The van der Waals surface area contributed by atoms with Crippen LogP contribution in [0.4, 0.5) is 8.78 Å². The lowest BCUT2D eigenvalue weighted by Crippen LogP contribution is -2.34. The van der Waals surface area contributed by atoms with Crippen molar-refractivity contribution < 1.29 is 27.8 Å². The van der Waals surface area contributed by atoms with E-state index >= 15 is 0 Å². The number of halogens is 2. The number of hydrogen-bond donors (Lipinski definition) is 1. The zero-order valence-corrected chi connectivity index (χ0v) is 16.1. The number of carbonyl (C=O) groups excluding carboxylic acids is 1. The molecule has 0 aliphatic rings. The normalized spacial score (nSPS) is 10.8. The average molecular weight is 394 g/mol. The first-order valence-corrected chi connectivity index (χ1v) is 8.61. The summed E-state index contributed by atoms with van der Waals surface area (Å²) in [4.78, 5) is 14.0. The Morgan fingerprint density at radius 3 is 2.36 bits per heavy atom. The molecular formula is C20H24F2N2O4. The highest BCUT2D eigenvalue weighted by molar-refractivity contribution is 5.78. The Morgan fingerprint density at radius 2 is 1.75 bits per heavy atom. The van der Waals surface area contributed by atoms with E-state index in [1.54, 1.807) is 32.4 Å². The Hall–Kier alpha value is -2.87. The zero-order chi connectivity index (χ0) is 20.5. The van der Waals surface area contributed by atoms with Gasteiger partial charge in [0.25, 0.3) is 0 Å². The van der Waals surface area contributed by atoms with E-state index in [4.69, 9.17) is 9.47 Å². The number of alkyl halides is 2. The first-order chi connectivity index (χ1) is 13.4. The summed E-state index contributed by atoms with van der Waals surface area (Å²) in [6.07, 6.45) is 0. The van der Waals surface area contributed by atoms with Gasteiger partial charge in [-0.1, -0.05) is 18.2 Å². The van der Waals surface area contributed by atoms with E-state index in [0.29, 0.717) is 24.6 Å². The van der Waals surface area contributed by atoms with Gasteiger partial charge in [0.05, 0.1) is 20.8 Å². The predicted octanol–water partition coefficient (Wildman–Crippen LogP) is 3.05. The molecule has 0 spiro atoms. The molecule has 0 unspecified atom stereocenters. The van der Waals surface area contributed by atoms with Crippen molar-refractivity contribution in [3.05, 3.63) is 53.6 Å². The molecule has 0 heterocycles. The molecule has 28 heavy (non-hydrogen) atoms. The Labute approximate surface area is 163 Å². The van der Waals surface area contributed by atoms with Gasteiger partial charge < -0.3 is 19.5 Å². The molecule has 0 aliphatic carbocycles. The largest absolute Gasteiger partial charge is 0.497 e. The molecular weight excluding hydrogens is 370 g/mol. The van der Waals surface area contributed by atoms with Crippen molar-refractivity contribution in [3.63, 3.8) is 0 Å². The SMILES string of the molecule is COc1ccc(CN(C)CC(=O)NCc2ccc(OC(F)F)cc2)c(OC)c1. The second-order valence-electron chi connectivity index (χ2n) is 6.15. The molecule has 1 amide bonds. The van der Waals surface area contributed by atoms with Gasteiger partial charge in [-0.3, -0.25) is 9.69 Å². The van der Waals surface area contributed by atoms with Gasteiger partial charge in [-0.05, 0) is 30.8 Å². The molecule has 2 rings (SSSR count). The van der Waals surface area contributed by atoms with Crippen molar-refractivity contribution >= 4 is 5.91 Å². The Morgan fingerprint density at radius 1 is 1.07 bits per heavy atom. The fourth-order valence-electron chi connectivity index (χ4n) is 2.62. The fourth-order valence-corrected chi connectivity index (χ4v) is 2.62. The van der Waals surface area contributed by atoms with E-state index < -0.39 is 6.61 Å². The Balaban J connectivity index is 1.82. The number of hydrogen-bond acceptors (Lipinski definition) is 5. The third-order valence-electron chi connectivity index (χ3n) is 3.99. The number of amides is 1. The molecule has 0 fully saturated rings. The van der Waals surface area contributed by atoms with Gasteiger partial charge in [-0.2, -0.15) is 8.78 Å². The minimum Gasteiger partial charge on any atom is -0.497 e. The van der Waals surface area contributed by atoms with Crippen molar-refractivity contribution in [1.82, 2.24) is 10.2 Å². The fraction of sp³-hybridized carbons (Fsp3) is 0.350. The number of nitrogens with zero attached hydrogens (tertiary/aromatic N) is 1. The molecule has 1 N–H and O–H groups in total. The first kappa shape index (κ1) is 21.4. The van der Waals surface area contributed by atoms with Crippen LogP contribution in [0.3, 0.4) is 0 Å². The van der Waals surface area contributed by atoms with Crippen LogP contribution in [-0.4, -0.2) is 45.2 Å². The number of methoxy groups -OCH3 is 2. The molecule has 0 radical (unpaired) electrons. The summed E-state index contributed by atoms with van der Waals surface area (Å²) < 4.78 is 39.1. The van der Waals surface area contributed by atoms with Crippen LogP contribution in [0.15, 0.2) is 42.5 Å². The van der Waals surface area contributed by atoms with Crippen LogP contribution in [0, 0.1) is 0 Å². The highest BCUT2D eigenvalue weighted by Crippen LogP contribution is 2.25. The smallest absolute Gasteiger partial charge is 0.387 e. The van der Waals surface area contributed by atoms with Gasteiger partial charge >= 0.3 is 6.61 Å². The van der Waals surface area contributed by atoms with Gasteiger partial charge in [0, 0.05) is 24.7 Å². The lowest BCUT2D eigenvalue weighted by molar-refractivity contribution is -0.122. The van der Waals surface area contributed by atoms with Gasteiger partial charge in [-0.25, -0.2) is 0 Å². The summed E-state index contributed by atoms with van der Waals surface area (Å²) in [5.74, 6) is 1.32. The molecule has 0 saturated heterocycles. The third-order valence-corrected chi connectivity index (χ3v) is 3.99. The summed E-state index contributed by atoms with van der Waals surface area (Å²) in [5.41, 5.74) is 1.72. The highest BCUT2D eigenvalue weighted by atomic mass is 19.3. The molecule has 2 aromatic rings. The standard InChI is InChI=1S/C20H24F2N2O4/c1-24(12-15-6-9-17(26-2)10-18(15)27-3)13-19(25)23-11-14-4-7-16(8-5-14)28-20(21)22/h4-10,20H,11-13H2,1-3H3,(H,23,25). The molecule has 0 saturated carbocycles. The molecule has 152 valence electrons. The lowest BCUT2D eigenvalue weighted by Gasteiger charge is -2.18. The maximum absolute atomic E-state index is 12.2. The summed E-state index contributed by atoms with van der Waals surface area (Å²) in [7, 11) is 5.01. The van der Waals surface area contributed by atoms with Crippen LogP contribution in [0.5, 0.6) is 17.2 Å². The second kappa shape index (κ2) is 10.5. The molecule has 2 aromatic carbocycles. The number of carbonyl (C=O) groups is 1. The molecule has 0 aromatic heterocycles. The van der Waals surface area contributed by atoms with Gasteiger partial charge in [-0.15, -0.1) is 0 Å². The molecule has 6 nitrogen and oxygen atoms in total. The van der Waals surface area contributed by atoms with E-state index in [0.717, 1.165) is 11.1 Å². The quantitative estimate of drug-likeness (QED) is 0.671. The van der Waals surface area contributed by atoms with Crippen molar-refractivity contribution in [2.75, 3.05) is 27.8 Å². The van der Waals surface area contributed by atoms with Crippen LogP contribution in [0.2, 0.25) is 0 Å². The second-order valence-corrected chi connectivity index (χ2v) is 6.15. The summed E-state index contributed by atoms with van der Waals surface area (Å²) >= 11 is 0. The average Bonchev–Trinajstić information content (AvgIpc) is 2.67. The van der Waals surface area contributed by atoms with E-state index in [2.05, 4.69) is 10.1 Å². The number of likely N-dealkylation sites (N-methyl/N-ethyl adjacent to an activating group) is 1. The van der Waals surface area contributed by atoms with E-state index in [9.17, 15) is 13.6 Å². The summed E-state index contributed by atoms with van der Waals surface area (Å²) in [6.45, 7) is -1.83. The topological polar surface area (TPSA) is 60.0 Å². The van der Waals surface area contributed by atoms with Crippen LogP contribution in [0.1, 0.15) is 11.1 Å². The van der Waals surface area contributed by atoms with Crippen molar-refractivity contribution in [1.29, 1.82) is 0 Å². The van der Waals surface area contributed by atoms with Gasteiger partial charge in [0.2, 0.25) is 5.91 Å². The monoisotopic (exact) mass is 394 g/mol. The van der Waals surface area contributed by atoms with Crippen molar-refractivity contribution in [3.8, 4) is 17.2 Å². The maximum Gasteiger partial charge on any atom is 0.387 e. The van der Waals surface area contributed by atoms with E-state index in [1.165, 1.54) is 12.1 Å². The van der Waals surface area contributed by atoms with Crippen molar-refractivity contribution in [2.45, 2.75) is 19.7 Å². The summed E-state index contributed by atoms with van der Waals surface area (Å²) in [6, 6.07) is 11.7. The number of benzene rings is 2. The van der Waals surface area contributed by atoms with Crippen LogP contribution < -0.4 is 19.5 Å². The van der Waals surface area contributed by atoms with E-state index in [1.807, 2.05) is 24.1 Å². The highest BCUT2D eigenvalue weighted by Gasteiger charge is 2.11. The predicted molar refractivity (Wildman–Crippen MR) is 101 cm³/mol. The maximum atomic E-state index is 12.2. The number of ether oxygens (including phenoxy) is 3. The van der Waals surface area contributed by atoms with Crippen LogP contribution in [0.25, 0.3) is 0 Å². The summed E-state index contributed by atoms with van der Waals surface area (Å²) in [5, 5.41) is 2.80.